The minimum atomic E-state index is 0.312. The Morgan fingerprint density at radius 3 is 2.35 bits per heavy atom. The Bertz CT molecular complexity index is 440. The van der Waals surface area contributed by atoms with Gasteiger partial charge in [0.05, 0.1) is 14.2 Å². The summed E-state index contributed by atoms with van der Waals surface area (Å²) < 4.78 is 10.9. The molecule has 112 valence electrons. The molecule has 1 N–H and O–H groups in total. The first-order valence-corrected chi connectivity index (χ1v) is 7.27. The van der Waals surface area contributed by atoms with Crippen LogP contribution in [-0.2, 0) is 0 Å². The summed E-state index contributed by atoms with van der Waals surface area (Å²) >= 11 is 0. The number of nitrogens with zero attached hydrogens (tertiary/aromatic N) is 1. The van der Waals surface area contributed by atoms with E-state index in [9.17, 15) is 0 Å². The Morgan fingerprint density at radius 1 is 1.15 bits per heavy atom. The van der Waals surface area contributed by atoms with Gasteiger partial charge in [-0.15, -0.1) is 0 Å². The Kier molecular flexibility index (Phi) is 4.89. The number of hydrogen-bond donors (Lipinski definition) is 1. The standard InChI is InChI=1S/C16H26N2O2/c1-11-9-18(10-12(2)17-11)13(3)15-8-14(19-4)6-7-16(15)20-5/h6-8,11-13,17H,9-10H2,1-5H3. The van der Waals surface area contributed by atoms with E-state index in [1.54, 1.807) is 14.2 Å². The molecule has 1 fully saturated rings. The molecule has 1 aliphatic rings. The summed E-state index contributed by atoms with van der Waals surface area (Å²) in [5, 5.41) is 3.57. The molecule has 0 aliphatic carbocycles. The molecule has 1 aromatic rings. The van der Waals surface area contributed by atoms with Gasteiger partial charge in [-0.1, -0.05) is 0 Å². The van der Waals surface area contributed by atoms with Crippen LogP contribution in [0, 0.1) is 0 Å². The van der Waals surface area contributed by atoms with Crippen LogP contribution in [0.4, 0.5) is 0 Å². The fourth-order valence-corrected chi connectivity index (χ4v) is 3.05. The summed E-state index contributed by atoms with van der Waals surface area (Å²) in [6, 6.07) is 7.35. The van der Waals surface area contributed by atoms with Crippen LogP contribution in [-0.4, -0.2) is 44.3 Å². The summed E-state index contributed by atoms with van der Waals surface area (Å²) in [5.41, 5.74) is 1.19. The second kappa shape index (κ2) is 6.46. The molecule has 1 aliphatic heterocycles. The van der Waals surface area contributed by atoms with Gasteiger partial charge in [0.15, 0.2) is 0 Å². The second-order valence-electron chi connectivity index (χ2n) is 5.71. The lowest BCUT2D eigenvalue weighted by atomic mass is 10.0. The van der Waals surface area contributed by atoms with Crippen LogP contribution in [0.5, 0.6) is 11.5 Å². The number of hydrogen-bond acceptors (Lipinski definition) is 4. The molecule has 2 rings (SSSR count). The smallest absolute Gasteiger partial charge is 0.123 e. The van der Waals surface area contributed by atoms with Crippen LogP contribution < -0.4 is 14.8 Å². The molecule has 20 heavy (non-hydrogen) atoms. The predicted octanol–water partition coefficient (Wildman–Crippen LogP) is 2.45. The van der Waals surface area contributed by atoms with Crippen molar-refractivity contribution in [2.24, 2.45) is 0 Å². The molecule has 3 atom stereocenters. The van der Waals surface area contributed by atoms with E-state index in [0.29, 0.717) is 18.1 Å². The SMILES string of the molecule is COc1ccc(OC)c(C(C)N2CC(C)NC(C)C2)c1. The van der Waals surface area contributed by atoms with Gasteiger partial charge >= 0.3 is 0 Å². The molecular formula is C16H26N2O2. The Morgan fingerprint density at radius 2 is 1.80 bits per heavy atom. The highest BCUT2D eigenvalue weighted by molar-refractivity contribution is 5.42. The summed E-state index contributed by atoms with van der Waals surface area (Å²) in [7, 11) is 3.42. The monoisotopic (exact) mass is 278 g/mol. The van der Waals surface area contributed by atoms with E-state index in [-0.39, 0.29) is 0 Å². The van der Waals surface area contributed by atoms with Gasteiger partial charge in [-0.3, -0.25) is 4.90 Å². The number of ether oxygens (including phenoxy) is 2. The lowest BCUT2D eigenvalue weighted by Gasteiger charge is -2.40. The highest BCUT2D eigenvalue weighted by Gasteiger charge is 2.27. The van der Waals surface area contributed by atoms with Gasteiger partial charge in [0.2, 0.25) is 0 Å². The van der Waals surface area contributed by atoms with Gasteiger partial charge in [-0.25, -0.2) is 0 Å². The summed E-state index contributed by atoms with van der Waals surface area (Å²) in [4.78, 5) is 2.50. The molecule has 4 nitrogen and oxygen atoms in total. The van der Waals surface area contributed by atoms with Crippen molar-refractivity contribution in [2.75, 3.05) is 27.3 Å². The average molecular weight is 278 g/mol. The van der Waals surface area contributed by atoms with E-state index in [4.69, 9.17) is 9.47 Å². The van der Waals surface area contributed by atoms with Gasteiger partial charge in [0.1, 0.15) is 11.5 Å². The minimum Gasteiger partial charge on any atom is -0.497 e. The van der Waals surface area contributed by atoms with Crippen molar-refractivity contribution in [3.63, 3.8) is 0 Å². The third-order valence-corrected chi connectivity index (χ3v) is 4.02. The minimum absolute atomic E-state index is 0.312. The Labute approximate surface area is 122 Å². The first-order valence-electron chi connectivity index (χ1n) is 7.27. The van der Waals surface area contributed by atoms with E-state index in [1.165, 1.54) is 5.56 Å². The Balaban J connectivity index is 2.24. The topological polar surface area (TPSA) is 33.7 Å². The van der Waals surface area contributed by atoms with E-state index in [1.807, 2.05) is 12.1 Å². The van der Waals surface area contributed by atoms with Gasteiger partial charge in [-0.2, -0.15) is 0 Å². The maximum Gasteiger partial charge on any atom is 0.123 e. The van der Waals surface area contributed by atoms with Crippen LogP contribution in [0.25, 0.3) is 0 Å². The zero-order valence-electron chi connectivity index (χ0n) is 13.1. The molecule has 4 heteroatoms. The fraction of sp³-hybridized carbons (Fsp3) is 0.625. The lowest BCUT2D eigenvalue weighted by molar-refractivity contribution is 0.129. The quantitative estimate of drug-likeness (QED) is 0.917. The maximum absolute atomic E-state index is 5.51. The predicted molar refractivity (Wildman–Crippen MR) is 81.6 cm³/mol. The molecule has 0 amide bonds. The third-order valence-electron chi connectivity index (χ3n) is 4.02. The molecule has 0 saturated carbocycles. The van der Waals surface area contributed by atoms with Crippen molar-refractivity contribution in [3.05, 3.63) is 23.8 Å². The van der Waals surface area contributed by atoms with Crippen molar-refractivity contribution < 1.29 is 9.47 Å². The molecule has 1 aromatic carbocycles. The highest BCUT2D eigenvalue weighted by atomic mass is 16.5. The number of nitrogens with one attached hydrogen (secondary N) is 1. The zero-order valence-corrected chi connectivity index (χ0v) is 13.1. The molecule has 1 heterocycles. The van der Waals surface area contributed by atoms with Gasteiger partial charge < -0.3 is 14.8 Å². The third kappa shape index (κ3) is 3.25. The van der Waals surface area contributed by atoms with E-state index < -0.39 is 0 Å². The molecule has 0 spiro atoms. The number of methoxy groups -OCH3 is 2. The fourth-order valence-electron chi connectivity index (χ4n) is 3.05. The number of rotatable bonds is 4. The number of benzene rings is 1. The van der Waals surface area contributed by atoms with Crippen molar-refractivity contribution in [3.8, 4) is 11.5 Å². The first-order chi connectivity index (χ1) is 9.55. The van der Waals surface area contributed by atoms with Crippen molar-refractivity contribution in [2.45, 2.75) is 38.9 Å². The van der Waals surface area contributed by atoms with Gasteiger partial charge in [-0.05, 0) is 39.0 Å². The summed E-state index contributed by atoms with van der Waals surface area (Å²) in [5.74, 6) is 1.81. The van der Waals surface area contributed by atoms with Gasteiger partial charge in [0.25, 0.3) is 0 Å². The normalized spacial score (nSPS) is 25.2. The molecular weight excluding hydrogens is 252 g/mol. The number of piperazine rings is 1. The van der Waals surface area contributed by atoms with Crippen LogP contribution in [0.1, 0.15) is 32.4 Å². The molecule has 0 bridgehead atoms. The van der Waals surface area contributed by atoms with Crippen LogP contribution in [0.15, 0.2) is 18.2 Å². The van der Waals surface area contributed by atoms with Crippen LogP contribution in [0.3, 0.4) is 0 Å². The zero-order chi connectivity index (χ0) is 14.7. The highest BCUT2D eigenvalue weighted by Crippen LogP contribution is 2.33. The molecule has 1 saturated heterocycles. The van der Waals surface area contributed by atoms with Crippen molar-refractivity contribution in [1.82, 2.24) is 10.2 Å². The van der Waals surface area contributed by atoms with E-state index >= 15 is 0 Å². The largest absolute Gasteiger partial charge is 0.497 e. The second-order valence-corrected chi connectivity index (χ2v) is 5.71. The average Bonchev–Trinajstić information content (AvgIpc) is 2.44. The van der Waals surface area contributed by atoms with Crippen LogP contribution in [0.2, 0.25) is 0 Å². The molecule has 3 unspecified atom stereocenters. The molecule has 0 aromatic heterocycles. The van der Waals surface area contributed by atoms with Crippen molar-refractivity contribution >= 4 is 0 Å². The maximum atomic E-state index is 5.51. The summed E-state index contributed by atoms with van der Waals surface area (Å²) in [6.07, 6.45) is 0. The van der Waals surface area contributed by atoms with Crippen LogP contribution >= 0.6 is 0 Å². The van der Waals surface area contributed by atoms with Crippen molar-refractivity contribution in [1.29, 1.82) is 0 Å². The summed E-state index contributed by atoms with van der Waals surface area (Å²) in [6.45, 7) is 8.80. The van der Waals surface area contributed by atoms with Gasteiger partial charge in [0, 0.05) is 36.8 Å². The Hall–Kier alpha value is -1.26. The lowest BCUT2D eigenvalue weighted by Crippen LogP contribution is -2.54. The van der Waals surface area contributed by atoms with E-state index in [2.05, 4.69) is 37.1 Å². The van der Waals surface area contributed by atoms with E-state index in [0.717, 1.165) is 24.6 Å². The molecule has 0 radical (unpaired) electrons. The first kappa shape index (κ1) is 15.1.